The highest BCUT2D eigenvalue weighted by Crippen LogP contribution is 2.47. The van der Waals surface area contributed by atoms with E-state index in [-0.39, 0.29) is 0 Å². The van der Waals surface area contributed by atoms with Crippen LogP contribution in [0.3, 0.4) is 0 Å². The van der Waals surface area contributed by atoms with Crippen LogP contribution in [0.5, 0.6) is 0 Å². The van der Waals surface area contributed by atoms with Crippen molar-refractivity contribution in [1.29, 1.82) is 5.26 Å². The number of nitrogens with one attached hydrogen (secondary N) is 1. The first-order valence-electron chi connectivity index (χ1n) is 7.04. The van der Waals surface area contributed by atoms with E-state index >= 15 is 0 Å². The molecule has 0 bridgehead atoms. The summed E-state index contributed by atoms with van der Waals surface area (Å²) in [6.07, 6.45) is 1.25. The van der Waals surface area contributed by atoms with Crippen LogP contribution in [0.2, 0.25) is 0 Å². The van der Waals surface area contributed by atoms with Crippen LogP contribution in [-0.2, 0) is 13.1 Å². The van der Waals surface area contributed by atoms with Gasteiger partial charge in [0.15, 0.2) is 0 Å². The lowest BCUT2D eigenvalue weighted by Crippen LogP contribution is -2.12. The second-order valence-corrected chi connectivity index (χ2v) is 5.54. The number of hydrogen-bond donors (Lipinski definition) is 1. The molecule has 0 amide bonds. The molecule has 1 aliphatic rings. The van der Waals surface area contributed by atoms with Crippen molar-refractivity contribution in [3.8, 4) is 6.07 Å². The van der Waals surface area contributed by atoms with Crippen LogP contribution in [0, 0.1) is 17.2 Å². The minimum Gasteiger partial charge on any atom is -0.464 e. The van der Waals surface area contributed by atoms with Crippen LogP contribution in [0.1, 0.15) is 41.9 Å². The van der Waals surface area contributed by atoms with E-state index in [4.69, 9.17) is 9.68 Å². The van der Waals surface area contributed by atoms with Crippen LogP contribution < -0.4 is 5.32 Å². The van der Waals surface area contributed by atoms with E-state index in [0.29, 0.717) is 11.5 Å². The summed E-state index contributed by atoms with van der Waals surface area (Å²) in [5.74, 6) is 3.52. The Balaban J connectivity index is 1.52. The standard InChI is InChI=1S/C17H18N2O/c1-12-7-16(12)17-6-5-15(20-17)11-19-10-14-4-2-3-13(8-14)9-18/h2-6,8,12,16,19H,7,10-11H2,1H3. The largest absolute Gasteiger partial charge is 0.464 e. The molecule has 1 heterocycles. The van der Waals surface area contributed by atoms with Gasteiger partial charge in [0.05, 0.1) is 18.2 Å². The molecule has 1 aromatic carbocycles. The van der Waals surface area contributed by atoms with Gasteiger partial charge in [-0.3, -0.25) is 0 Å². The van der Waals surface area contributed by atoms with Crippen LogP contribution in [0.15, 0.2) is 40.8 Å². The molecule has 102 valence electrons. The zero-order chi connectivity index (χ0) is 13.9. The summed E-state index contributed by atoms with van der Waals surface area (Å²) >= 11 is 0. The van der Waals surface area contributed by atoms with Crippen LogP contribution in [-0.4, -0.2) is 0 Å². The first kappa shape index (κ1) is 13.0. The van der Waals surface area contributed by atoms with E-state index in [9.17, 15) is 0 Å². The molecule has 0 aliphatic heterocycles. The van der Waals surface area contributed by atoms with E-state index < -0.39 is 0 Å². The Morgan fingerprint density at radius 2 is 2.15 bits per heavy atom. The van der Waals surface area contributed by atoms with Gasteiger partial charge in [0, 0.05) is 12.5 Å². The van der Waals surface area contributed by atoms with E-state index in [0.717, 1.165) is 36.1 Å². The maximum Gasteiger partial charge on any atom is 0.117 e. The molecule has 1 aromatic heterocycles. The fraction of sp³-hybridized carbons (Fsp3) is 0.353. The average Bonchev–Trinajstić information content (AvgIpc) is 3.01. The summed E-state index contributed by atoms with van der Waals surface area (Å²) < 4.78 is 5.85. The van der Waals surface area contributed by atoms with Gasteiger partial charge in [0.2, 0.25) is 0 Å². The van der Waals surface area contributed by atoms with E-state index in [2.05, 4.69) is 30.4 Å². The molecule has 1 aliphatic carbocycles. The van der Waals surface area contributed by atoms with Crippen molar-refractivity contribution in [3.05, 3.63) is 59.0 Å². The predicted molar refractivity (Wildman–Crippen MR) is 76.9 cm³/mol. The first-order chi connectivity index (χ1) is 9.76. The van der Waals surface area contributed by atoms with Gasteiger partial charge in [-0.25, -0.2) is 0 Å². The van der Waals surface area contributed by atoms with Gasteiger partial charge in [-0.2, -0.15) is 5.26 Å². The van der Waals surface area contributed by atoms with Crippen LogP contribution in [0.4, 0.5) is 0 Å². The number of rotatable bonds is 5. The number of nitriles is 1. The fourth-order valence-electron chi connectivity index (χ4n) is 2.49. The molecule has 1 saturated carbocycles. The SMILES string of the molecule is CC1CC1c1ccc(CNCc2cccc(C#N)c2)o1. The average molecular weight is 266 g/mol. The van der Waals surface area contributed by atoms with Crippen molar-refractivity contribution in [2.24, 2.45) is 5.92 Å². The fourth-order valence-corrected chi connectivity index (χ4v) is 2.49. The molecule has 2 atom stereocenters. The second-order valence-electron chi connectivity index (χ2n) is 5.54. The van der Waals surface area contributed by atoms with Gasteiger partial charge in [-0.15, -0.1) is 0 Å². The summed E-state index contributed by atoms with van der Waals surface area (Å²) in [6, 6.07) is 14.0. The van der Waals surface area contributed by atoms with E-state index in [1.165, 1.54) is 6.42 Å². The normalized spacial score (nSPS) is 20.6. The molecular formula is C17H18N2O. The molecule has 0 saturated heterocycles. The Hall–Kier alpha value is -2.05. The summed E-state index contributed by atoms with van der Waals surface area (Å²) in [5, 5.41) is 12.2. The summed E-state index contributed by atoms with van der Waals surface area (Å²) in [5.41, 5.74) is 1.82. The first-order valence-corrected chi connectivity index (χ1v) is 7.04. The Morgan fingerprint density at radius 1 is 1.30 bits per heavy atom. The molecular weight excluding hydrogens is 248 g/mol. The van der Waals surface area contributed by atoms with Gasteiger partial charge in [0.25, 0.3) is 0 Å². The zero-order valence-electron chi connectivity index (χ0n) is 11.6. The van der Waals surface area contributed by atoms with Crippen LogP contribution >= 0.6 is 0 Å². The minimum absolute atomic E-state index is 0.635. The summed E-state index contributed by atoms with van der Waals surface area (Å²) in [4.78, 5) is 0. The number of hydrogen-bond acceptors (Lipinski definition) is 3. The lowest BCUT2D eigenvalue weighted by molar-refractivity contribution is 0.444. The maximum absolute atomic E-state index is 8.86. The molecule has 2 unspecified atom stereocenters. The third-order valence-corrected chi connectivity index (χ3v) is 3.84. The molecule has 1 N–H and O–H groups in total. The molecule has 1 fully saturated rings. The van der Waals surface area contributed by atoms with Gasteiger partial charge < -0.3 is 9.73 Å². The molecule has 0 spiro atoms. The Bertz CT molecular complexity index is 638. The van der Waals surface area contributed by atoms with Gasteiger partial charge in [0.1, 0.15) is 11.5 Å². The van der Waals surface area contributed by atoms with Crippen molar-refractivity contribution in [1.82, 2.24) is 5.32 Å². The highest BCUT2D eigenvalue weighted by Gasteiger charge is 2.36. The monoisotopic (exact) mass is 266 g/mol. The highest BCUT2D eigenvalue weighted by molar-refractivity contribution is 5.32. The third-order valence-electron chi connectivity index (χ3n) is 3.84. The topological polar surface area (TPSA) is 49.0 Å². The molecule has 2 aromatic rings. The molecule has 3 nitrogen and oxygen atoms in total. The number of nitrogens with zero attached hydrogens (tertiary/aromatic N) is 1. The van der Waals surface area contributed by atoms with Crippen molar-refractivity contribution in [2.75, 3.05) is 0 Å². The van der Waals surface area contributed by atoms with Gasteiger partial charge in [-0.05, 0) is 42.2 Å². The lowest BCUT2D eigenvalue weighted by Gasteiger charge is -2.03. The summed E-state index contributed by atoms with van der Waals surface area (Å²) in [7, 11) is 0. The number of benzene rings is 1. The Kier molecular flexibility index (Phi) is 3.58. The Labute approximate surface area is 119 Å². The van der Waals surface area contributed by atoms with Crippen molar-refractivity contribution < 1.29 is 4.42 Å². The van der Waals surface area contributed by atoms with E-state index in [1.54, 1.807) is 0 Å². The second kappa shape index (κ2) is 5.52. The van der Waals surface area contributed by atoms with Crippen molar-refractivity contribution in [2.45, 2.75) is 32.4 Å². The van der Waals surface area contributed by atoms with E-state index in [1.807, 2.05) is 24.3 Å². The van der Waals surface area contributed by atoms with Crippen LogP contribution in [0.25, 0.3) is 0 Å². The Morgan fingerprint density at radius 3 is 2.90 bits per heavy atom. The molecule has 3 rings (SSSR count). The lowest BCUT2D eigenvalue weighted by atomic mass is 10.1. The maximum atomic E-state index is 8.86. The smallest absolute Gasteiger partial charge is 0.117 e. The van der Waals surface area contributed by atoms with Gasteiger partial charge in [-0.1, -0.05) is 19.1 Å². The van der Waals surface area contributed by atoms with Crippen molar-refractivity contribution in [3.63, 3.8) is 0 Å². The molecule has 3 heteroatoms. The predicted octanol–water partition coefficient (Wildman–Crippen LogP) is 3.56. The number of furan rings is 1. The quantitative estimate of drug-likeness (QED) is 0.900. The third kappa shape index (κ3) is 2.92. The molecule has 0 radical (unpaired) electrons. The zero-order valence-corrected chi connectivity index (χ0v) is 11.6. The molecule has 20 heavy (non-hydrogen) atoms. The highest BCUT2D eigenvalue weighted by atomic mass is 16.3. The van der Waals surface area contributed by atoms with Gasteiger partial charge >= 0.3 is 0 Å². The van der Waals surface area contributed by atoms with Crippen molar-refractivity contribution >= 4 is 0 Å². The minimum atomic E-state index is 0.635. The summed E-state index contributed by atoms with van der Waals surface area (Å²) in [6.45, 7) is 3.72.